The number of H-pyrrole nitrogens is 3. The first-order chi connectivity index (χ1) is 11.4. The second-order valence-corrected chi connectivity index (χ2v) is 6.80. The minimum absolute atomic E-state index is 0.0327. The van der Waals surface area contributed by atoms with Gasteiger partial charge in [-0.05, 0) is 36.4 Å². The highest BCUT2D eigenvalue weighted by atomic mass is 32.2. The average Bonchev–Trinajstić information content (AvgIpc) is 3.05. The zero-order valence-corrected chi connectivity index (χ0v) is 12.7. The maximum atomic E-state index is 12.5. The lowest BCUT2D eigenvalue weighted by atomic mass is 10.3. The Bertz CT molecular complexity index is 1290. The van der Waals surface area contributed by atoms with Crippen molar-refractivity contribution in [3.63, 3.8) is 0 Å². The molecule has 0 amide bonds. The third kappa shape index (κ3) is 2.38. The fourth-order valence-corrected chi connectivity index (χ4v) is 3.48. The molecule has 24 heavy (non-hydrogen) atoms. The molecule has 2 heterocycles. The van der Waals surface area contributed by atoms with E-state index >= 15 is 0 Å². The summed E-state index contributed by atoms with van der Waals surface area (Å²) in [5.41, 5.74) is 1.52. The molecule has 4 aromatic rings. The molecule has 0 unspecified atom stereocenters. The van der Waals surface area contributed by atoms with Gasteiger partial charge in [-0.1, -0.05) is 0 Å². The minimum Gasteiger partial charge on any atom is -0.408 e. The number of sulfonamides is 1. The lowest BCUT2D eigenvalue weighted by Gasteiger charge is -2.08. The van der Waals surface area contributed by atoms with Crippen LogP contribution in [0.4, 0.5) is 5.69 Å². The summed E-state index contributed by atoms with van der Waals surface area (Å²) in [4.78, 5) is 29.9. The highest BCUT2D eigenvalue weighted by Gasteiger charge is 2.16. The van der Waals surface area contributed by atoms with Gasteiger partial charge in [0.2, 0.25) is 0 Å². The van der Waals surface area contributed by atoms with E-state index in [4.69, 9.17) is 4.42 Å². The third-order valence-corrected chi connectivity index (χ3v) is 4.85. The van der Waals surface area contributed by atoms with E-state index in [2.05, 4.69) is 19.7 Å². The summed E-state index contributed by atoms with van der Waals surface area (Å²) in [6.07, 6.45) is 0. The quantitative estimate of drug-likeness (QED) is 0.439. The molecule has 2 aromatic heterocycles. The molecule has 4 N–H and O–H groups in total. The molecular weight excluding hydrogens is 336 g/mol. The summed E-state index contributed by atoms with van der Waals surface area (Å²) in [6.45, 7) is 0. The Morgan fingerprint density at radius 2 is 1.67 bits per heavy atom. The molecule has 9 nitrogen and oxygen atoms in total. The highest BCUT2D eigenvalue weighted by Crippen LogP contribution is 2.21. The molecule has 0 bridgehead atoms. The number of benzene rings is 2. The average molecular weight is 346 g/mol. The van der Waals surface area contributed by atoms with Crippen molar-refractivity contribution in [3.05, 3.63) is 57.4 Å². The molecule has 0 fully saturated rings. The van der Waals surface area contributed by atoms with Crippen LogP contribution in [-0.4, -0.2) is 23.4 Å². The van der Waals surface area contributed by atoms with E-state index in [1.807, 2.05) is 0 Å². The van der Waals surface area contributed by atoms with Crippen molar-refractivity contribution in [2.45, 2.75) is 4.90 Å². The zero-order chi connectivity index (χ0) is 16.9. The molecule has 0 aliphatic rings. The Morgan fingerprint density at radius 3 is 2.50 bits per heavy atom. The van der Waals surface area contributed by atoms with Gasteiger partial charge in [-0.15, -0.1) is 0 Å². The summed E-state index contributed by atoms with van der Waals surface area (Å²) < 4.78 is 32.2. The van der Waals surface area contributed by atoms with E-state index in [1.54, 1.807) is 6.07 Å². The number of fused-ring (bicyclic) bond motifs is 2. The lowest BCUT2D eigenvalue weighted by molar-refractivity contribution is 0.555. The van der Waals surface area contributed by atoms with Crippen molar-refractivity contribution in [1.82, 2.24) is 15.0 Å². The second-order valence-electron chi connectivity index (χ2n) is 5.12. The van der Waals surface area contributed by atoms with E-state index in [0.29, 0.717) is 16.7 Å². The van der Waals surface area contributed by atoms with Gasteiger partial charge >= 0.3 is 11.4 Å². The number of hydrogen-bond donors (Lipinski definition) is 4. The molecule has 10 heteroatoms. The molecule has 2 aromatic carbocycles. The summed E-state index contributed by atoms with van der Waals surface area (Å²) in [6, 6.07) is 8.65. The van der Waals surface area contributed by atoms with Crippen molar-refractivity contribution < 1.29 is 12.8 Å². The van der Waals surface area contributed by atoms with Crippen LogP contribution in [0.3, 0.4) is 0 Å². The number of aromatic nitrogens is 3. The van der Waals surface area contributed by atoms with Crippen LogP contribution < -0.4 is 16.2 Å². The van der Waals surface area contributed by atoms with Crippen molar-refractivity contribution in [2.24, 2.45) is 0 Å². The minimum atomic E-state index is -3.87. The van der Waals surface area contributed by atoms with Gasteiger partial charge in [0.15, 0.2) is 5.58 Å². The maximum Gasteiger partial charge on any atom is 0.417 e. The summed E-state index contributed by atoms with van der Waals surface area (Å²) >= 11 is 0. The molecule has 0 atom stereocenters. The first kappa shape index (κ1) is 14.3. The largest absolute Gasteiger partial charge is 0.417 e. The van der Waals surface area contributed by atoms with E-state index in [0.717, 1.165) is 0 Å². The smallest absolute Gasteiger partial charge is 0.408 e. The first-order valence-electron chi connectivity index (χ1n) is 6.78. The predicted octanol–water partition coefficient (Wildman–Crippen LogP) is 1.09. The SMILES string of the molecule is O=c1[nH]c2ccc(NS(=O)(=O)c3ccc4oc(=O)[nH]c4c3)cc2[nH]1. The number of anilines is 1. The van der Waals surface area contributed by atoms with E-state index in [-0.39, 0.29) is 21.7 Å². The van der Waals surface area contributed by atoms with Crippen molar-refractivity contribution in [1.29, 1.82) is 0 Å². The van der Waals surface area contributed by atoms with Gasteiger partial charge in [-0.25, -0.2) is 18.0 Å². The first-order valence-corrected chi connectivity index (χ1v) is 8.27. The molecule has 0 spiro atoms. The van der Waals surface area contributed by atoms with Crippen LogP contribution >= 0.6 is 0 Å². The van der Waals surface area contributed by atoms with Crippen molar-refractivity contribution in [3.8, 4) is 0 Å². The van der Waals surface area contributed by atoms with Gasteiger partial charge in [-0.2, -0.15) is 0 Å². The highest BCUT2D eigenvalue weighted by molar-refractivity contribution is 7.92. The normalized spacial score (nSPS) is 12.0. The Kier molecular flexibility index (Phi) is 2.90. The van der Waals surface area contributed by atoms with Crippen LogP contribution in [-0.2, 0) is 10.0 Å². The molecule has 4 rings (SSSR count). The van der Waals surface area contributed by atoms with Crippen LogP contribution in [0.5, 0.6) is 0 Å². The Morgan fingerprint density at radius 1 is 0.875 bits per heavy atom. The van der Waals surface area contributed by atoms with E-state index in [1.165, 1.54) is 30.3 Å². The van der Waals surface area contributed by atoms with Crippen molar-refractivity contribution in [2.75, 3.05) is 4.72 Å². The fraction of sp³-hybridized carbons (Fsp3) is 0. The standard InChI is InChI=1S/C14H10N4O5S/c19-13-15-9-3-1-7(5-10(9)16-13)18-24(21,22)8-2-4-12-11(6-8)17-14(20)23-12/h1-6,18H,(H,17,20)(H2,15,16,19). The van der Waals surface area contributed by atoms with Gasteiger partial charge in [-0.3, -0.25) is 9.71 Å². The number of nitrogens with one attached hydrogen (secondary N) is 4. The Hall–Kier alpha value is -3.27. The topological polar surface area (TPSA) is 141 Å². The fourth-order valence-electron chi connectivity index (χ4n) is 2.41. The van der Waals surface area contributed by atoms with E-state index < -0.39 is 15.8 Å². The summed E-state index contributed by atoms with van der Waals surface area (Å²) in [7, 11) is -3.87. The number of hydrogen-bond acceptors (Lipinski definition) is 5. The van der Waals surface area contributed by atoms with Gasteiger partial charge < -0.3 is 14.4 Å². The zero-order valence-electron chi connectivity index (χ0n) is 11.9. The summed E-state index contributed by atoms with van der Waals surface area (Å²) in [5.74, 6) is -0.658. The number of imidazole rings is 1. The Labute approximate surface area is 133 Å². The molecule has 0 aliphatic carbocycles. The van der Waals surface area contributed by atoms with Gasteiger partial charge in [0, 0.05) is 0 Å². The van der Waals surface area contributed by atoms with Crippen LogP contribution in [0.15, 0.2) is 55.3 Å². The molecule has 0 aliphatic heterocycles. The van der Waals surface area contributed by atoms with Gasteiger partial charge in [0.1, 0.15) is 0 Å². The van der Waals surface area contributed by atoms with Gasteiger partial charge in [0.05, 0.1) is 27.1 Å². The van der Waals surface area contributed by atoms with Crippen LogP contribution in [0.2, 0.25) is 0 Å². The molecule has 122 valence electrons. The molecule has 0 saturated heterocycles. The van der Waals surface area contributed by atoms with Crippen LogP contribution in [0.25, 0.3) is 22.1 Å². The maximum absolute atomic E-state index is 12.5. The number of oxazole rings is 1. The number of aromatic amines is 3. The van der Waals surface area contributed by atoms with Crippen molar-refractivity contribution >= 4 is 37.8 Å². The molecule has 0 saturated carbocycles. The van der Waals surface area contributed by atoms with E-state index in [9.17, 15) is 18.0 Å². The Balaban J connectivity index is 1.74. The van der Waals surface area contributed by atoms with Crippen LogP contribution in [0.1, 0.15) is 0 Å². The second kappa shape index (κ2) is 4.86. The number of rotatable bonds is 3. The predicted molar refractivity (Wildman–Crippen MR) is 86.6 cm³/mol. The summed E-state index contributed by atoms with van der Waals surface area (Å²) in [5, 5.41) is 0. The molecular formula is C14H10N4O5S. The lowest BCUT2D eigenvalue weighted by Crippen LogP contribution is -2.12. The van der Waals surface area contributed by atoms with Gasteiger partial charge in [0.25, 0.3) is 10.0 Å². The molecule has 0 radical (unpaired) electrons. The third-order valence-electron chi connectivity index (χ3n) is 3.47. The van der Waals surface area contributed by atoms with Crippen LogP contribution in [0, 0.1) is 0 Å². The monoisotopic (exact) mass is 346 g/mol.